The van der Waals surface area contributed by atoms with Crippen molar-refractivity contribution in [1.82, 2.24) is 14.9 Å². The molecule has 2 aromatic heterocycles. The Morgan fingerprint density at radius 2 is 1.97 bits per heavy atom. The molecule has 1 aliphatic rings. The molecule has 6 nitrogen and oxygen atoms in total. The zero-order valence-corrected chi connectivity index (χ0v) is 20.2. The first kappa shape index (κ1) is 22.6. The van der Waals surface area contributed by atoms with Gasteiger partial charge in [-0.1, -0.05) is 17.7 Å². The predicted molar refractivity (Wildman–Crippen MR) is 132 cm³/mol. The van der Waals surface area contributed by atoms with Crippen molar-refractivity contribution in [3.63, 3.8) is 0 Å². The minimum Gasteiger partial charge on any atom is -0.490 e. The van der Waals surface area contributed by atoms with Crippen LogP contribution >= 0.6 is 23.8 Å². The highest BCUT2D eigenvalue weighted by atomic mass is 35.5. The highest BCUT2D eigenvalue weighted by molar-refractivity contribution is 7.80. The fourth-order valence-electron chi connectivity index (χ4n) is 4.12. The van der Waals surface area contributed by atoms with Crippen molar-refractivity contribution in [1.29, 1.82) is 0 Å². The number of rotatable bonds is 7. The molecule has 0 amide bonds. The molecule has 8 heteroatoms. The first-order valence-corrected chi connectivity index (χ1v) is 11.3. The normalized spacial score (nSPS) is 18.2. The maximum absolute atomic E-state index is 6.57. The van der Waals surface area contributed by atoms with Crippen LogP contribution in [-0.2, 0) is 11.8 Å². The van der Waals surface area contributed by atoms with Crippen LogP contribution in [-0.4, -0.2) is 35.0 Å². The lowest BCUT2D eigenvalue weighted by Gasteiger charge is -2.28. The second kappa shape index (κ2) is 9.48. The first-order valence-electron chi connectivity index (χ1n) is 10.5. The van der Waals surface area contributed by atoms with E-state index in [1.807, 2.05) is 42.6 Å². The quantitative estimate of drug-likeness (QED) is 0.392. The third-order valence-electron chi connectivity index (χ3n) is 5.97. The van der Waals surface area contributed by atoms with E-state index in [9.17, 15) is 0 Å². The van der Waals surface area contributed by atoms with E-state index in [0.717, 1.165) is 11.4 Å². The average Bonchev–Trinajstić information content (AvgIpc) is 3.26. The van der Waals surface area contributed by atoms with Crippen LogP contribution in [0.3, 0.4) is 0 Å². The number of aromatic nitrogens is 2. The minimum absolute atomic E-state index is 0.0753. The summed E-state index contributed by atoms with van der Waals surface area (Å²) in [6.07, 6.45) is 1.81. The lowest BCUT2D eigenvalue weighted by molar-refractivity contribution is 0.146. The summed E-state index contributed by atoms with van der Waals surface area (Å²) in [5.41, 5.74) is 5.42. The number of thiocarbonyl (C=S) groups is 1. The van der Waals surface area contributed by atoms with Gasteiger partial charge in [-0.3, -0.25) is 4.98 Å². The summed E-state index contributed by atoms with van der Waals surface area (Å²) in [5, 5.41) is 4.66. The summed E-state index contributed by atoms with van der Waals surface area (Å²) in [7, 11) is 3.72. The van der Waals surface area contributed by atoms with Crippen LogP contribution in [0.1, 0.15) is 34.7 Å². The average molecular weight is 471 g/mol. The number of halogens is 1. The number of anilines is 1. The Labute approximate surface area is 199 Å². The summed E-state index contributed by atoms with van der Waals surface area (Å²) in [6.45, 7) is 5.18. The van der Waals surface area contributed by atoms with E-state index >= 15 is 0 Å². The second-order valence-electron chi connectivity index (χ2n) is 7.84. The SMILES string of the molecule is COCCOc1ccc(N2C(=S)NC(c3ccccn3)C2c2cc(C)n(C)c2C)cc1Cl. The van der Waals surface area contributed by atoms with E-state index in [2.05, 4.69) is 46.7 Å². The predicted octanol–water partition coefficient (Wildman–Crippen LogP) is 4.89. The van der Waals surface area contributed by atoms with Crippen molar-refractivity contribution in [2.45, 2.75) is 25.9 Å². The summed E-state index contributed by atoms with van der Waals surface area (Å²) in [6, 6.07) is 13.8. The third kappa shape index (κ3) is 4.20. The summed E-state index contributed by atoms with van der Waals surface area (Å²) in [5.74, 6) is 0.620. The zero-order valence-electron chi connectivity index (χ0n) is 18.6. The molecule has 1 fully saturated rings. The van der Waals surface area contributed by atoms with Gasteiger partial charge in [0.2, 0.25) is 0 Å². The van der Waals surface area contributed by atoms with Crippen LogP contribution in [0.5, 0.6) is 5.75 Å². The highest BCUT2D eigenvalue weighted by Crippen LogP contribution is 2.44. The molecule has 1 N–H and O–H groups in total. The molecular weight excluding hydrogens is 444 g/mol. The van der Waals surface area contributed by atoms with Crippen LogP contribution in [0.4, 0.5) is 5.69 Å². The van der Waals surface area contributed by atoms with E-state index in [1.165, 1.54) is 17.0 Å². The van der Waals surface area contributed by atoms with Crippen molar-refractivity contribution in [2.75, 3.05) is 25.2 Å². The number of aryl methyl sites for hydroxylation is 1. The van der Waals surface area contributed by atoms with Gasteiger partial charge in [0, 0.05) is 37.4 Å². The summed E-state index contributed by atoms with van der Waals surface area (Å²) in [4.78, 5) is 6.74. The lowest BCUT2D eigenvalue weighted by Crippen LogP contribution is -2.29. The van der Waals surface area contributed by atoms with Gasteiger partial charge in [0.15, 0.2) is 5.11 Å². The molecule has 0 radical (unpaired) electrons. The zero-order chi connectivity index (χ0) is 22.8. The fourth-order valence-corrected chi connectivity index (χ4v) is 4.70. The summed E-state index contributed by atoms with van der Waals surface area (Å²) < 4.78 is 13.0. The smallest absolute Gasteiger partial charge is 0.174 e. The molecule has 3 aromatic rings. The van der Waals surface area contributed by atoms with Gasteiger partial charge in [-0.15, -0.1) is 0 Å². The molecular formula is C24H27ClN4O2S. The van der Waals surface area contributed by atoms with E-state index in [-0.39, 0.29) is 12.1 Å². The monoisotopic (exact) mass is 470 g/mol. The van der Waals surface area contributed by atoms with Crippen LogP contribution in [0.15, 0.2) is 48.7 Å². The maximum Gasteiger partial charge on any atom is 0.174 e. The Morgan fingerprint density at radius 3 is 2.59 bits per heavy atom. The Balaban J connectivity index is 1.76. The van der Waals surface area contributed by atoms with E-state index in [1.54, 1.807) is 7.11 Å². The Kier molecular flexibility index (Phi) is 6.69. The molecule has 2 unspecified atom stereocenters. The van der Waals surface area contributed by atoms with Crippen molar-refractivity contribution in [3.8, 4) is 5.75 Å². The molecule has 1 aliphatic heterocycles. The number of benzene rings is 1. The molecule has 0 bridgehead atoms. The van der Waals surface area contributed by atoms with Gasteiger partial charge in [0.05, 0.1) is 29.4 Å². The maximum atomic E-state index is 6.57. The van der Waals surface area contributed by atoms with E-state index < -0.39 is 0 Å². The molecule has 1 saturated heterocycles. The molecule has 0 saturated carbocycles. The number of hydrogen-bond acceptors (Lipinski definition) is 4. The molecule has 32 heavy (non-hydrogen) atoms. The van der Waals surface area contributed by atoms with Gasteiger partial charge < -0.3 is 24.3 Å². The highest BCUT2D eigenvalue weighted by Gasteiger charge is 2.42. The van der Waals surface area contributed by atoms with Crippen molar-refractivity contribution in [2.24, 2.45) is 7.05 Å². The lowest BCUT2D eigenvalue weighted by atomic mass is 9.96. The van der Waals surface area contributed by atoms with E-state index in [4.69, 9.17) is 33.3 Å². The second-order valence-corrected chi connectivity index (χ2v) is 8.63. The van der Waals surface area contributed by atoms with Gasteiger partial charge in [0.1, 0.15) is 12.4 Å². The van der Waals surface area contributed by atoms with Gasteiger partial charge in [-0.25, -0.2) is 0 Å². The summed E-state index contributed by atoms with van der Waals surface area (Å²) >= 11 is 12.4. The molecule has 4 rings (SSSR count). The van der Waals surface area contributed by atoms with Crippen LogP contribution in [0.25, 0.3) is 0 Å². The molecule has 0 spiro atoms. The van der Waals surface area contributed by atoms with Gasteiger partial charge in [-0.2, -0.15) is 0 Å². The third-order valence-corrected chi connectivity index (χ3v) is 6.58. The topological polar surface area (TPSA) is 51.6 Å². The standard InChI is InChI=1S/C24H27ClN4O2S/c1-15-13-18(16(2)28(15)3)23-22(20-7-5-6-10-26-20)27-24(32)29(23)17-8-9-21(19(25)14-17)31-12-11-30-4/h5-10,13-14,22-23H,11-12H2,1-4H3,(H,27,32). The van der Waals surface area contributed by atoms with Crippen LogP contribution in [0, 0.1) is 13.8 Å². The van der Waals surface area contributed by atoms with Gasteiger partial charge in [-0.05, 0) is 68.0 Å². The molecule has 2 atom stereocenters. The number of pyridine rings is 1. The van der Waals surface area contributed by atoms with Crippen molar-refractivity contribution < 1.29 is 9.47 Å². The largest absolute Gasteiger partial charge is 0.490 e. The fraction of sp³-hybridized carbons (Fsp3) is 0.333. The number of nitrogens with one attached hydrogen (secondary N) is 1. The van der Waals surface area contributed by atoms with Crippen LogP contribution in [0.2, 0.25) is 5.02 Å². The van der Waals surface area contributed by atoms with Gasteiger partial charge >= 0.3 is 0 Å². The van der Waals surface area contributed by atoms with Crippen molar-refractivity contribution in [3.05, 3.63) is 76.3 Å². The molecule has 168 valence electrons. The van der Waals surface area contributed by atoms with Crippen molar-refractivity contribution >= 4 is 34.6 Å². The number of hydrogen-bond donors (Lipinski definition) is 1. The Hall–Kier alpha value is -2.61. The minimum atomic E-state index is -0.0967. The molecule has 3 heterocycles. The van der Waals surface area contributed by atoms with E-state index in [0.29, 0.717) is 29.1 Å². The number of methoxy groups -OCH3 is 1. The molecule has 0 aliphatic carbocycles. The first-order chi connectivity index (χ1) is 15.4. The Bertz CT molecular complexity index is 1120. The van der Waals surface area contributed by atoms with Crippen LogP contribution < -0.4 is 15.0 Å². The number of ether oxygens (including phenoxy) is 2. The number of nitrogens with zero attached hydrogens (tertiary/aromatic N) is 3. The van der Waals surface area contributed by atoms with Gasteiger partial charge in [0.25, 0.3) is 0 Å². The molecule has 1 aromatic carbocycles. The Morgan fingerprint density at radius 1 is 1.16 bits per heavy atom.